The summed E-state index contributed by atoms with van der Waals surface area (Å²) in [6.07, 6.45) is 0. The van der Waals surface area contributed by atoms with E-state index in [2.05, 4.69) is 4.74 Å². The van der Waals surface area contributed by atoms with Crippen molar-refractivity contribution in [2.24, 2.45) is 0 Å². The lowest BCUT2D eigenvalue weighted by molar-refractivity contribution is -0.133. The summed E-state index contributed by atoms with van der Waals surface area (Å²) in [7, 11) is -2.28. The number of carbonyl (C=O) groups excluding carboxylic acids is 1. The Bertz CT molecular complexity index is 596. The summed E-state index contributed by atoms with van der Waals surface area (Å²) in [6.45, 7) is 1.42. The predicted molar refractivity (Wildman–Crippen MR) is 58.2 cm³/mol. The van der Waals surface area contributed by atoms with Crippen LogP contribution in [-0.4, -0.2) is 21.5 Å². The van der Waals surface area contributed by atoms with Crippen molar-refractivity contribution >= 4 is 21.4 Å². The van der Waals surface area contributed by atoms with Crippen molar-refractivity contribution in [1.29, 1.82) is 0 Å². The van der Waals surface area contributed by atoms with Crippen LogP contribution in [-0.2, 0) is 19.4 Å². The maximum Gasteiger partial charge on any atom is 0.339 e. The fourth-order valence-electron chi connectivity index (χ4n) is 1.75. The van der Waals surface area contributed by atoms with Gasteiger partial charge in [-0.3, -0.25) is 0 Å². The normalized spacial score (nSPS) is 17.1. The van der Waals surface area contributed by atoms with E-state index in [4.69, 9.17) is 0 Å². The van der Waals surface area contributed by atoms with Gasteiger partial charge < -0.3 is 4.74 Å². The summed E-state index contributed by atoms with van der Waals surface area (Å²) in [5.41, 5.74) is 0.560. The van der Waals surface area contributed by atoms with Crippen molar-refractivity contribution < 1.29 is 17.9 Å². The third-order valence-electron chi connectivity index (χ3n) is 2.59. The molecular weight excluding hydrogens is 228 g/mol. The van der Waals surface area contributed by atoms with Crippen molar-refractivity contribution in [3.8, 4) is 0 Å². The maximum absolute atomic E-state index is 11.9. The van der Waals surface area contributed by atoms with Crippen LogP contribution in [0.5, 0.6) is 0 Å². The summed E-state index contributed by atoms with van der Waals surface area (Å²) in [5.74, 6) is -0.619. The molecule has 16 heavy (non-hydrogen) atoms. The number of rotatable bonds is 1. The molecule has 0 radical (unpaired) electrons. The Morgan fingerprint density at radius 2 is 1.88 bits per heavy atom. The summed E-state index contributed by atoms with van der Waals surface area (Å²) < 4.78 is 28.5. The van der Waals surface area contributed by atoms with Gasteiger partial charge in [0, 0.05) is 5.56 Å². The van der Waals surface area contributed by atoms with E-state index in [0.29, 0.717) is 5.56 Å². The lowest BCUT2D eigenvalue weighted by Gasteiger charge is -2.01. The van der Waals surface area contributed by atoms with Crippen LogP contribution in [0.25, 0.3) is 5.57 Å². The monoisotopic (exact) mass is 238 g/mol. The Morgan fingerprint density at radius 1 is 1.25 bits per heavy atom. The standard InChI is InChI=1S/C11H10O4S/c1-7-10(11(12)15-2)8-5-3-4-6-9(8)16(7,13)14/h3-6H,1-2H3. The van der Waals surface area contributed by atoms with Gasteiger partial charge in [-0.25, -0.2) is 13.2 Å². The number of esters is 1. The molecule has 0 aliphatic carbocycles. The molecule has 1 aliphatic heterocycles. The first-order valence-electron chi connectivity index (χ1n) is 4.64. The molecule has 0 N–H and O–H groups in total. The van der Waals surface area contributed by atoms with Crippen LogP contribution < -0.4 is 0 Å². The molecule has 1 heterocycles. The van der Waals surface area contributed by atoms with E-state index in [0.717, 1.165) is 0 Å². The van der Waals surface area contributed by atoms with Gasteiger partial charge in [-0.15, -0.1) is 0 Å². The minimum Gasteiger partial charge on any atom is -0.465 e. The molecular formula is C11H10O4S. The number of methoxy groups -OCH3 is 1. The molecule has 0 saturated carbocycles. The molecule has 0 aromatic heterocycles. The van der Waals surface area contributed by atoms with E-state index >= 15 is 0 Å². The molecule has 0 unspecified atom stereocenters. The minimum absolute atomic E-state index is 0.0561. The van der Waals surface area contributed by atoms with Gasteiger partial charge in [0.05, 0.1) is 22.5 Å². The van der Waals surface area contributed by atoms with E-state index in [1.165, 1.54) is 20.1 Å². The highest BCUT2D eigenvalue weighted by Gasteiger charge is 2.36. The second-order valence-corrected chi connectivity index (χ2v) is 5.48. The van der Waals surface area contributed by atoms with Gasteiger partial charge in [-0.05, 0) is 13.0 Å². The Kier molecular flexibility index (Phi) is 2.35. The molecule has 4 nitrogen and oxygen atoms in total. The lowest BCUT2D eigenvalue weighted by atomic mass is 10.1. The van der Waals surface area contributed by atoms with E-state index < -0.39 is 15.8 Å². The second-order valence-electron chi connectivity index (χ2n) is 3.42. The topological polar surface area (TPSA) is 60.4 Å². The quantitative estimate of drug-likeness (QED) is 0.693. The third-order valence-corrected chi connectivity index (χ3v) is 4.54. The largest absolute Gasteiger partial charge is 0.465 e. The van der Waals surface area contributed by atoms with Gasteiger partial charge >= 0.3 is 5.97 Å². The molecule has 1 aliphatic rings. The number of hydrogen-bond donors (Lipinski definition) is 0. The summed E-state index contributed by atoms with van der Waals surface area (Å²) in [5, 5.41) is 0. The Morgan fingerprint density at radius 3 is 2.50 bits per heavy atom. The van der Waals surface area contributed by atoms with Gasteiger partial charge in [0.1, 0.15) is 0 Å². The van der Waals surface area contributed by atoms with Gasteiger partial charge in [-0.1, -0.05) is 18.2 Å². The fraction of sp³-hybridized carbons (Fsp3) is 0.182. The number of sulfone groups is 1. The first-order chi connectivity index (χ1) is 7.50. The van der Waals surface area contributed by atoms with E-state index in [1.54, 1.807) is 18.2 Å². The second kappa shape index (κ2) is 3.45. The number of fused-ring (bicyclic) bond motifs is 1. The van der Waals surface area contributed by atoms with Gasteiger partial charge in [0.2, 0.25) is 9.84 Å². The fourth-order valence-corrected chi connectivity index (χ4v) is 3.26. The Labute approximate surface area is 93.5 Å². The molecule has 0 spiro atoms. The van der Waals surface area contributed by atoms with Gasteiger partial charge in [0.15, 0.2) is 0 Å². The van der Waals surface area contributed by atoms with Crippen molar-refractivity contribution in [1.82, 2.24) is 0 Å². The predicted octanol–water partition coefficient (Wildman–Crippen LogP) is 1.38. The number of allylic oxidation sites excluding steroid dienone is 1. The average Bonchev–Trinajstić information content (AvgIpc) is 2.48. The number of ether oxygens (including phenoxy) is 1. The molecule has 0 bridgehead atoms. The van der Waals surface area contributed by atoms with E-state index in [-0.39, 0.29) is 15.4 Å². The van der Waals surface area contributed by atoms with Crippen molar-refractivity contribution in [2.75, 3.05) is 7.11 Å². The van der Waals surface area contributed by atoms with Crippen LogP contribution in [0.4, 0.5) is 0 Å². The smallest absolute Gasteiger partial charge is 0.339 e. The summed E-state index contributed by atoms with van der Waals surface area (Å²) in [4.78, 5) is 11.8. The van der Waals surface area contributed by atoms with Crippen molar-refractivity contribution in [3.63, 3.8) is 0 Å². The molecule has 0 amide bonds. The SMILES string of the molecule is COC(=O)C1=C(C)S(=O)(=O)c2ccccc21. The van der Waals surface area contributed by atoms with Crippen molar-refractivity contribution in [3.05, 3.63) is 34.7 Å². The van der Waals surface area contributed by atoms with E-state index in [9.17, 15) is 13.2 Å². The molecule has 5 heteroatoms. The molecule has 1 aromatic rings. The van der Waals surface area contributed by atoms with Crippen LogP contribution in [0.1, 0.15) is 12.5 Å². The highest BCUT2D eigenvalue weighted by molar-refractivity contribution is 7.96. The zero-order valence-electron chi connectivity index (χ0n) is 8.85. The first-order valence-corrected chi connectivity index (χ1v) is 6.12. The zero-order chi connectivity index (χ0) is 11.9. The highest BCUT2D eigenvalue weighted by atomic mass is 32.2. The van der Waals surface area contributed by atoms with Gasteiger partial charge in [-0.2, -0.15) is 0 Å². The zero-order valence-corrected chi connectivity index (χ0v) is 9.67. The van der Waals surface area contributed by atoms with Crippen LogP contribution in [0.3, 0.4) is 0 Å². The summed E-state index contributed by atoms with van der Waals surface area (Å²) >= 11 is 0. The third kappa shape index (κ3) is 1.28. The Hall–Kier alpha value is -1.62. The first kappa shape index (κ1) is 10.9. The molecule has 0 saturated heterocycles. The average molecular weight is 238 g/mol. The molecule has 84 valence electrons. The van der Waals surface area contributed by atoms with Gasteiger partial charge in [0.25, 0.3) is 0 Å². The number of benzene rings is 1. The highest BCUT2D eigenvalue weighted by Crippen LogP contribution is 2.38. The molecule has 2 rings (SSSR count). The van der Waals surface area contributed by atoms with E-state index in [1.807, 2.05) is 0 Å². The molecule has 1 aromatic carbocycles. The maximum atomic E-state index is 11.9. The molecule has 0 fully saturated rings. The van der Waals surface area contributed by atoms with Crippen molar-refractivity contribution in [2.45, 2.75) is 11.8 Å². The molecule has 0 atom stereocenters. The van der Waals surface area contributed by atoms with Crippen LogP contribution in [0.2, 0.25) is 0 Å². The van der Waals surface area contributed by atoms with Crippen LogP contribution >= 0.6 is 0 Å². The number of carbonyl (C=O) groups is 1. The van der Waals surface area contributed by atoms with Crippen LogP contribution in [0, 0.1) is 0 Å². The number of hydrogen-bond acceptors (Lipinski definition) is 4. The minimum atomic E-state index is -3.51. The van der Waals surface area contributed by atoms with Crippen LogP contribution in [0.15, 0.2) is 34.1 Å². The lowest BCUT2D eigenvalue weighted by Crippen LogP contribution is -2.04. The summed E-state index contributed by atoms with van der Waals surface area (Å²) in [6, 6.07) is 6.42. The Balaban J connectivity index is 2.80.